The van der Waals surface area contributed by atoms with E-state index in [9.17, 15) is 19.5 Å². The van der Waals surface area contributed by atoms with Crippen molar-refractivity contribution in [2.45, 2.75) is 99.3 Å². The fourth-order valence-electron chi connectivity index (χ4n) is 4.52. The number of aromatic hydroxyl groups is 1. The van der Waals surface area contributed by atoms with Crippen LogP contribution in [0.4, 0.5) is 10.5 Å². The predicted molar refractivity (Wildman–Crippen MR) is 159 cm³/mol. The second kappa shape index (κ2) is 14.2. The molecule has 0 aliphatic carbocycles. The molecule has 2 aromatic carbocycles. The molecule has 220 valence electrons. The quantitative estimate of drug-likeness (QED) is 0.292. The Morgan fingerprint density at radius 1 is 1.00 bits per heavy atom. The van der Waals surface area contributed by atoms with E-state index in [1.54, 1.807) is 44.7 Å². The van der Waals surface area contributed by atoms with Gasteiger partial charge in [-0.3, -0.25) is 9.59 Å². The van der Waals surface area contributed by atoms with Crippen LogP contribution in [0.2, 0.25) is 0 Å². The summed E-state index contributed by atoms with van der Waals surface area (Å²) in [5.41, 5.74) is 2.95. The third kappa shape index (κ3) is 8.73. The van der Waals surface area contributed by atoms with Crippen LogP contribution in [0, 0.1) is 26.7 Å². The lowest BCUT2D eigenvalue weighted by Gasteiger charge is -2.36. The van der Waals surface area contributed by atoms with Gasteiger partial charge >= 0.3 is 6.09 Å². The van der Waals surface area contributed by atoms with Crippen molar-refractivity contribution in [3.8, 4) is 5.75 Å². The molecule has 0 saturated heterocycles. The number of benzene rings is 2. The Balaban J connectivity index is 2.63. The smallest absolute Gasteiger partial charge is 0.408 e. The van der Waals surface area contributed by atoms with Gasteiger partial charge < -0.3 is 25.4 Å². The van der Waals surface area contributed by atoms with E-state index in [-0.39, 0.29) is 23.5 Å². The number of para-hydroxylation sites is 1. The van der Waals surface area contributed by atoms with Crippen LogP contribution >= 0.6 is 0 Å². The molecule has 0 aliphatic rings. The van der Waals surface area contributed by atoms with Gasteiger partial charge in [-0.05, 0) is 88.3 Å². The van der Waals surface area contributed by atoms with Gasteiger partial charge in [0.05, 0.1) is 0 Å². The highest BCUT2D eigenvalue weighted by atomic mass is 16.6. The molecule has 0 saturated carbocycles. The Bertz CT molecular complexity index is 1170. The lowest BCUT2D eigenvalue weighted by Crippen LogP contribution is -2.55. The molecular formula is C32H47N3O5. The van der Waals surface area contributed by atoms with E-state index in [0.717, 1.165) is 17.5 Å². The molecule has 0 aliphatic heterocycles. The third-order valence-corrected chi connectivity index (χ3v) is 7.01. The molecule has 0 fully saturated rings. The molecule has 3 amide bonds. The predicted octanol–water partition coefficient (Wildman–Crippen LogP) is 6.57. The molecule has 2 aromatic rings. The summed E-state index contributed by atoms with van der Waals surface area (Å²) in [6, 6.07) is 8.82. The fraction of sp³-hybridized carbons (Fsp3) is 0.531. The van der Waals surface area contributed by atoms with Crippen molar-refractivity contribution < 1.29 is 24.2 Å². The molecule has 0 heterocycles. The Hall–Kier alpha value is -3.55. The number of amides is 3. The van der Waals surface area contributed by atoms with Crippen LogP contribution in [0.15, 0.2) is 36.4 Å². The zero-order chi connectivity index (χ0) is 30.2. The van der Waals surface area contributed by atoms with E-state index in [4.69, 9.17) is 4.74 Å². The number of ether oxygens (including phenoxy) is 1. The maximum Gasteiger partial charge on any atom is 0.408 e. The topological polar surface area (TPSA) is 108 Å². The molecule has 0 spiro atoms. The molecule has 0 radical (unpaired) electrons. The second-order valence-corrected chi connectivity index (χ2v) is 11.6. The molecule has 8 nitrogen and oxygen atoms in total. The Labute approximate surface area is 239 Å². The first-order valence-electron chi connectivity index (χ1n) is 14.2. The number of carbonyl (C=O) groups is 3. The van der Waals surface area contributed by atoms with Crippen molar-refractivity contribution in [1.29, 1.82) is 0 Å². The minimum Gasteiger partial charge on any atom is -0.508 e. The van der Waals surface area contributed by atoms with Crippen molar-refractivity contribution >= 4 is 23.6 Å². The second-order valence-electron chi connectivity index (χ2n) is 11.6. The molecule has 8 heteroatoms. The lowest BCUT2D eigenvalue weighted by atomic mass is 9.95. The summed E-state index contributed by atoms with van der Waals surface area (Å²) in [6.45, 7) is 17.1. The van der Waals surface area contributed by atoms with Crippen molar-refractivity contribution in [1.82, 2.24) is 10.2 Å². The van der Waals surface area contributed by atoms with Gasteiger partial charge in [0.1, 0.15) is 23.4 Å². The Morgan fingerprint density at radius 3 is 2.15 bits per heavy atom. The van der Waals surface area contributed by atoms with Gasteiger partial charge in [0.15, 0.2) is 0 Å². The first kappa shape index (κ1) is 32.7. The number of phenols is 1. The number of hydrogen-bond acceptors (Lipinski definition) is 5. The Kier molecular flexibility index (Phi) is 11.6. The largest absolute Gasteiger partial charge is 0.508 e. The number of nitrogens with zero attached hydrogens (tertiary/aromatic N) is 1. The van der Waals surface area contributed by atoms with Crippen molar-refractivity contribution in [2.75, 3.05) is 11.9 Å². The van der Waals surface area contributed by atoms with Crippen molar-refractivity contribution in [3.05, 3.63) is 58.7 Å². The van der Waals surface area contributed by atoms with Gasteiger partial charge in [0.2, 0.25) is 5.91 Å². The molecular weight excluding hydrogens is 506 g/mol. The van der Waals surface area contributed by atoms with E-state index in [1.807, 2.05) is 52.8 Å². The van der Waals surface area contributed by atoms with Crippen LogP contribution in [-0.4, -0.2) is 46.1 Å². The summed E-state index contributed by atoms with van der Waals surface area (Å²) < 4.78 is 5.47. The summed E-state index contributed by atoms with van der Waals surface area (Å²) in [6.07, 6.45) is 1.41. The first-order valence-corrected chi connectivity index (χ1v) is 14.2. The minimum absolute atomic E-state index is 0.105. The van der Waals surface area contributed by atoms with Crippen molar-refractivity contribution in [3.63, 3.8) is 0 Å². The van der Waals surface area contributed by atoms with E-state index < -0.39 is 23.8 Å². The fourth-order valence-corrected chi connectivity index (χ4v) is 4.52. The lowest BCUT2D eigenvalue weighted by molar-refractivity contribution is -0.142. The number of phenolic OH excluding ortho intramolecular Hbond substituents is 1. The zero-order valence-corrected chi connectivity index (χ0v) is 25.6. The highest BCUT2D eigenvalue weighted by Crippen LogP contribution is 2.30. The molecule has 0 aromatic heterocycles. The molecule has 2 rings (SSSR count). The number of alkyl carbamates (subject to hydrolysis) is 1. The van der Waals surface area contributed by atoms with Crippen LogP contribution in [0.25, 0.3) is 0 Å². The number of aryl methyl sites for hydroxylation is 3. The number of nitrogens with one attached hydrogen (secondary N) is 2. The average Bonchev–Trinajstić information content (AvgIpc) is 2.87. The third-order valence-electron chi connectivity index (χ3n) is 7.01. The SMILES string of the molecule is CCCCN(C(=O)C(NC(=O)OC(C)(C)C)C(C)CC)C(C(=O)Nc1c(C)cccc1C)c1ccc(O)c(C)c1. The molecule has 0 bridgehead atoms. The van der Waals surface area contributed by atoms with E-state index in [0.29, 0.717) is 36.2 Å². The number of hydrogen-bond donors (Lipinski definition) is 3. The van der Waals surface area contributed by atoms with Crippen LogP contribution in [0.1, 0.15) is 89.1 Å². The first-order chi connectivity index (χ1) is 18.7. The van der Waals surface area contributed by atoms with Crippen LogP contribution in [0.3, 0.4) is 0 Å². The maximum absolute atomic E-state index is 14.3. The number of carbonyl (C=O) groups excluding carboxylic acids is 3. The minimum atomic E-state index is -0.996. The van der Waals surface area contributed by atoms with Gasteiger partial charge in [-0.15, -0.1) is 0 Å². The summed E-state index contributed by atoms with van der Waals surface area (Å²) in [4.78, 5) is 42.8. The summed E-state index contributed by atoms with van der Waals surface area (Å²) in [5, 5.41) is 16.1. The van der Waals surface area contributed by atoms with E-state index >= 15 is 0 Å². The normalized spacial score (nSPS) is 13.6. The van der Waals surface area contributed by atoms with Gasteiger partial charge in [-0.2, -0.15) is 0 Å². The average molecular weight is 554 g/mol. The number of anilines is 1. The van der Waals surface area contributed by atoms with Gasteiger partial charge in [-0.1, -0.05) is 57.9 Å². The molecule has 3 unspecified atom stereocenters. The van der Waals surface area contributed by atoms with Crippen LogP contribution in [-0.2, 0) is 14.3 Å². The number of rotatable bonds is 11. The Morgan fingerprint density at radius 2 is 1.62 bits per heavy atom. The highest BCUT2D eigenvalue weighted by Gasteiger charge is 2.38. The van der Waals surface area contributed by atoms with Crippen LogP contribution in [0.5, 0.6) is 5.75 Å². The van der Waals surface area contributed by atoms with Gasteiger partial charge in [0.25, 0.3) is 5.91 Å². The van der Waals surface area contributed by atoms with Gasteiger partial charge in [0, 0.05) is 12.2 Å². The highest BCUT2D eigenvalue weighted by molar-refractivity contribution is 6.00. The monoisotopic (exact) mass is 553 g/mol. The zero-order valence-electron chi connectivity index (χ0n) is 25.6. The summed E-state index contributed by atoms with van der Waals surface area (Å²) in [7, 11) is 0. The molecule has 3 atom stereocenters. The van der Waals surface area contributed by atoms with E-state index in [2.05, 4.69) is 10.6 Å². The summed E-state index contributed by atoms with van der Waals surface area (Å²) in [5.74, 6) is -0.839. The molecule has 3 N–H and O–H groups in total. The standard InChI is InChI=1S/C32H47N3O5/c1-10-12-18-35(30(38)27(20(3)11-2)34-31(39)40-32(7,8)9)28(24-16-17-25(36)23(6)19-24)29(37)33-26-21(4)14-13-15-22(26)5/h13-17,19-20,27-28,36H,10-12,18H2,1-9H3,(H,33,37)(H,34,39). The van der Waals surface area contributed by atoms with Crippen LogP contribution < -0.4 is 10.6 Å². The van der Waals surface area contributed by atoms with Gasteiger partial charge in [-0.25, -0.2) is 4.79 Å². The maximum atomic E-state index is 14.3. The van der Waals surface area contributed by atoms with Crippen molar-refractivity contribution in [2.24, 2.45) is 5.92 Å². The summed E-state index contributed by atoms with van der Waals surface area (Å²) >= 11 is 0. The number of unbranched alkanes of at least 4 members (excludes halogenated alkanes) is 1. The van der Waals surface area contributed by atoms with E-state index in [1.165, 1.54) is 6.07 Å². The molecule has 40 heavy (non-hydrogen) atoms.